The summed E-state index contributed by atoms with van der Waals surface area (Å²) in [5.41, 5.74) is -0.111. The summed E-state index contributed by atoms with van der Waals surface area (Å²) in [4.78, 5) is 18.9. The third-order valence-corrected chi connectivity index (χ3v) is 4.14. The minimum absolute atomic E-state index is 0.00129. The Balaban J connectivity index is 1.67. The van der Waals surface area contributed by atoms with Crippen molar-refractivity contribution in [3.8, 4) is 0 Å². The minimum Gasteiger partial charge on any atom is -0.381 e. The summed E-state index contributed by atoms with van der Waals surface area (Å²) in [6, 6.07) is 0. The van der Waals surface area contributed by atoms with E-state index in [1.54, 1.807) is 0 Å². The lowest BCUT2D eigenvalue weighted by Crippen LogP contribution is -2.45. The lowest BCUT2D eigenvalue weighted by Gasteiger charge is -2.33. The third kappa shape index (κ3) is 3.15. The fraction of sp³-hybridized carbons (Fsp3) is 0.800. The van der Waals surface area contributed by atoms with Gasteiger partial charge in [-0.3, -0.25) is 9.89 Å². The summed E-state index contributed by atoms with van der Waals surface area (Å²) >= 11 is 0. The molecule has 0 aromatic carbocycles. The van der Waals surface area contributed by atoms with Crippen LogP contribution in [0.3, 0.4) is 0 Å². The highest BCUT2D eigenvalue weighted by molar-refractivity contribution is 5.79. The Kier molecular flexibility index (Phi) is 4.18. The van der Waals surface area contributed by atoms with Gasteiger partial charge in [-0.05, 0) is 6.42 Å². The van der Waals surface area contributed by atoms with Crippen LogP contribution in [0, 0.1) is 5.92 Å². The van der Waals surface area contributed by atoms with E-state index in [9.17, 15) is 4.79 Å². The zero-order chi connectivity index (χ0) is 15.7. The van der Waals surface area contributed by atoms with Gasteiger partial charge in [-0.15, -0.1) is 0 Å². The zero-order valence-corrected chi connectivity index (χ0v) is 13.5. The number of rotatable bonds is 2. The van der Waals surface area contributed by atoms with Gasteiger partial charge in [-0.2, -0.15) is 5.10 Å². The van der Waals surface area contributed by atoms with Crippen molar-refractivity contribution < 1.29 is 14.3 Å². The van der Waals surface area contributed by atoms with Crippen molar-refractivity contribution in [2.45, 2.75) is 38.7 Å². The molecule has 7 heteroatoms. The maximum absolute atomic E-state index is 12.5. The number of aromatic nitrogens is 3. The summed E-state index contributed by atoms with van der Waals surface area (Å²) in [5.74, 6) is 1.63. The SMILES string of the molecule is CC(C)(C)c1n[nH]c([C@H]2CN(C(=O)[C@@H]3CCOC3)CCO2)n1. The van der Waals surface area contributed by atoms with E-state index in [1.807, 2.05) is 4.90 Å². The molecule has 1 amide bonds. The summed E-state index contributed by atoms with van der Waals surface area (Å²) in [6.07, 6.45) is 0.584. The third-order valence-electron chi connectivity index (χ3n) is 4.14. The molecule has 2 saturated heterocycles. The first kappa shape index (κ1) is 15.4. The second-order valence-corrected chi connectivity index (χ2v) is 7.00. The number of amides is 1. The first-order valence-electron chi connectivity index (χ1n) is 7.86. The molecule has 0 spiro atoms. The molecule has 2 fully saturated rings. The molecule has 7 nitrogen and oxygen atoms in total. The molecular formula is C15H24N4O3. The van der Waals surface area contributed by atoms with E-state index >= 15 is 0 Å². The lowest BCUT2D eigenvalue weighted by atomic mass is 9.96. The van der Waals surface area contributed by atoms with Gasteiger partial charge in [0.25, 0.3) is 0 Å². The van der Waals surface area contributed by atoms with Crippen LogP contribution >= 0.6 is 0 Å². The first-order chi connectivity index (χ1) is 10.4. The highest BCUT2D eigenvalue weighted by atomic mass is 16.5. The highest BCUT2D eigenvalue weighted by Gasteiger charge is 2.33. The van der Waals surface area contributed by atoms with Crippen molar-refractivity contribution in [3.63, 3.8) is 0 Å². The predicted molar refractivity (Wildman–Crippen MR) is 79.3 cm³/mol. The monoisotopic (exact) mass is 308 g/mol. The number of ether oxygens (including phenoxy) is 2. The molecule has 0 aliphatic carbocycles. The number of nitrogens with zero attached hydrogens (tertiary/aromatic N) is 3. The quantitative estimate of drug-likeness (QED) is 0.883. The van der Waals surface area contributed by atoms with Crippen LogP contribution in [-0.2, 0) is 19.7 Å². The van der Waals surface area contributed by atoms with Crippen molar-refractivity contribution in [2.24, 2.45) is 5.92 Å². The number of aromatic amines is 1. The maximum Gasteiger partial charge on any atom is 0.228 e. The van der Waals surface area contributed by atoms with Crippen molar-refractivity contribution in [3.05, 3.63) is 11.6 Å². The molecule has 0 bridgehead atoms. The van der Waals surface area contributed by atoms with Crippen LogP contribution in [0.25, 0.3) is 0 Å². The summed E-state index contributed by atoms with van der Waals surface area (Å²) in [5, 5.41) is 7.23. The Morgan fingerprint density at radius 2 is 2.18 bits per heavy atom. The summed E-state index contributed by atoms with van der Waals surface area (Å²) < 4.78 is 11.1. The molecule has 0 saturated carbocycles. The standard InChI is InChI=1S/C15H24N4O3/c1-15(2,3)14-16-12(17-18-14)11-8-19(5-7-22-11)13(20)10-4-6-21-9-10/h10-11H,4-9H2,1-3H3,(H,16,17,18)/t10-,11-/m1/s1. The Morgan fingerprint density at radius 1 is 1.36 bits per heavy atom. The average Bonchev–Trinajstić information content (AvgIpc) is 3.17. The number of nitrogens with one attached hydrogen (secondary N) is 1. The van der Waals surface area contributed by atoms with E-state index in [0.717, 1.165) is 12.2 Å². The second kappa shape index (κ2) is 5.96. The van der Waals surface area contributed by atoms with Crippen molar-refractivity contribution in [2.75, 3.05) is 32.9 Å². The van der Waals surface area contributed by atoms with Crippen LogP contribution in [0.5, 0.6) is 0 Å². The number of hydrogen-bond donors (Lipinski definition) is 1. The van der Waals surface area contributed by atoms with Gasteiger partial charge in [-0.1, -0.05) is 20.8 Å². The fourth-order valence-corrected chi connectivity index (χ4v) is 2.76. The van der Waals surface area contributed by atoms with Gasteiger partial charge in [0, 0.05) is 18.6 Å². The zero-order valence-electron chi connectivity index (χ0n) is 13.5. The fourth-order valence-electron chi connectivity index (χ4n) is 2.76. The molecule has 2 atom stereocenters. The van der Waals surface area contributed by atoms with Gasteiger partial charge in [-0.25, -0.2) is 4.98 Å². The normalized spacial score (nSPS) is 26.4. The minimum atomic E-state index is -0.233. The van der Waals surface area contributed by atoms with E-state index in [0.29, 0.717) is 38.7 Å². The van der Waals surface area contributed by atoms with Crippen LogP contribution in [0.2, 0.25) is 0 Å². The topological polar surface area (TPSA) is 80.3 Å². The highest BCUT2D eigenvalue weighted by Crippen LogP contribution is 2.25. The van der Waals surface area contributed by atoms with E-state index in [-0.39, 0.29) is 23.3 Å². The van der Waals surface area contributed by atoms with Gasteiger partial charge in [0.05, 0.1) is 25.7 Å². The van der Waals surface area contributed by atoms with E-state index in [1.165, 1.54) is 0 Å². The van der Waals surface area contributed by atoms with Gasteiger partial charge < -0.3 is 14.4 Å². The van der Waals surface area contributed by atoms with Crippen LogP contribution < -0.4 is 0 Å². The van der Waals surface area contributed by atoms with Gasteiger partial charge in [0.1, 0.15) is 6.10 Å². The first-order valence-corrected chi connectivity index (χ1v) is 7.86. The van der Waals surface area contributed by atoms with Crippen molar-refractivity contribution in [1.29, 1.82) is 0 Å². The molecule has 122 valence electrons. The number of morpholine rings is 1. The van der Waals surface area contributed by atoms with Crippen molar-refractivity contribution in [1.82, 2.24) is 20.1 Å². The molecule has 1 aromatic rings. The smallest absolute Gasteiger partial charge is 0.228 e. The Hall–Kier alpha value is -1.47. The van der Waals surface area contributed by atoms with E-state index < -0.39 is 0 Å². The molecule has 0 unspecified atom stereocenters. The number of hydrogen-bond acceptors (Lipinski definition) is 5. The average molecular weight is 308 g/mol. The molecule has 0 radical (unpaired) electrons. The largest absolute Gasteiger partial charge is 0.381 e. The van der Waals surface area contributed by atoms with Gasteiger partial charge in [0.15, 0.2) is 11.6 Å². The van der Waals surface area contributed by atoms with Crippen LogP contribution in [0.4, 0.5) is 0 Å². The summed E-state index contributed by atoms with van der Waals surface area (Å²) in [6.45, 7) is 9.10. The number of carbonyl (C=O) groups is 1. The van der Waals surface area contributed by atoms with Crippen LogP contribution in [-0.4, -0.2) is 58.9 Å². The maximum atomic E-state index is 12.5. The van der Waals surface area contributed by atoms with Crippen LogP contribution in [0.15, 0.2) is 0 Å². The Labute approximate surface area is 130 Å². The van der Waals surface area contributed by atoms with Crippen molar-refractivity contribution >= 4 is 5.91 Å². The number of carbonyl (C=O) groups excluding carboxylic acids is 1. The van der Waals surface area contributed by atoms with E-state index in [4.69, 9.17) is 9.47 Å². The molecule has 2 aliphatic heterocycles. The summed E-state index contributed by atoms with van der Waals surface area (Å²) in [7, 11) is 0. The molecule has 22 heavy (non-hydrogen) atoms. The molecule has 1 aromatic heterocycles. The van der Waals surface area contributed by atoms with E-state index in [2.05, 4.69) is 36.0 Å². The number of H-pyrrole nitrogens is 1. The molecule has 1 N–H and O–H groups in total. The molecule has 2 aliphatic rings. The Bertz CT molecular complexity index is 531. The molecule has 3 heterocycles. The van der Waals surface area contributed by atoms with Gasteiger partial charge >= 0.3 is 0 Å². The second-order valence-electron chi connectivity index (χ2n) is 7.00. The van der Waals surface area contributed by atoms with Gasteiger partial charge in [0.2, 0.25) is 5.91 Å². The molecular weight excluding hydrogens is 284 g/mol. The predicted octanol–water partition coefficient (Wildman–Crippen LogP) is 1.04. The lowest BCUT2D eigenvalue weighted by molar-refractivity contribution is -0.143. The van der Waals surface area contributed by atoms with Crippen LogP contribution in [0.1, 0.15) is 44.9 Å². The molecule has 3 rings (SSSR count). The Morgan fingerprint density at radius 3 is 2.82 bits per heavy atom.